The van der Waals surface area contributed by atoms with Crippen LogP contribution in [0.2, 0.25) is 0 Å². The van der Waals surface area contributed by atoms with E-state index in [1.54, 1.807) is 21.3 Å². The normalized spacial score (nSPS) is 12.0. The van der Waals surface area contributed by atoms with Crippen molar-refractivity contribution in [1.29, 1.82) is 0 Å². The van der Waals surface area contributed by atoms with E-state index in [-0.39, 0.29) is 0 Å². The van der Waals surface area contributed by atoms with Gasteiger partial charge in [-0.25, -0.2) is 0 Å². The van der Waals surface area contributed by atoms with Gasteiger partial charge in [0, 0.05) is 27.8 Å². The zero-order chi connectivity index (χ0) is 13.0. The highest BCUT2D eigenvalue weighted by molar-refractivity contribution is 7.80. The molecule has 0 rings (SSSR count). The molecular formula is C13H28O3S. The highest BCUT2D eigenvalue weighted by atomic mass is 32.1. The smallest absolute Gasteiger partial charge is 0.282 e. The minimum absolute atomic E-state index is 0.785. The summed E-state index contributed by atoms with van der Waals surface area (Å²) in [5.74, 6) is 0.171. The standard InChI is InChI=1S/C13H28O3S/c1-14-13(15-2,16-3)11-9-7-5-4-6-8-10-12-17/h17H,4-12H2,1-3H3. The monoisotopic (exact) mass is 264 g/mol. The molecule has 0 aromatic rings. The van der Waals surface area contributed by atoms with Gasteiger partial charge in [0.05, 0.1) is 0 Å². The molecule has 0 N–H and O–H groups in total. The molecule has 17 heavy (non-hydrogen) atoms. The Morgan fingerprint density at radius 2 is 1.12 bits per heavy atom. The van der Waals surface area contributed by atoms with Crippen molar-refractivity contribution in [2.45, 2.75) is 57.3 Å². The topological polar surface area (TPSA) is 27.7 Å². The van der Waals surface area contributed by atoms with Gasteiger partial charge in [0.1, 0.15) is 0 Å². The molecule has 0 fully saturated rings. The maximum atomic E-state index is 5.24. The molecule has 0 saturated carbocycles. The van der Waals surface area contributed by atoms with E-state index in [1.165, 1.54) is 38.5 Å². The second-order valence-electron chi connectivity index (χ2n) is 4.24. The Balaban J connectivity index is 3.43. The van der Waals surface area contributed by atoms with Crippen LogP contribution in [0.15, 0.2) is 0 Å². The number of methoxy groups -OCH3 is 3. The van der Waals surface area contributed by atoms with Gasteiger partial charge in [-0.3, -0.25) is 0 Å². The molecule has 0 unspecified atom stereocenters. The van der Waals surface area contributed by atoms with E-state index in [9.17, 15) is 0 Å². The van der Waals surface area contributed by atoms with Gasteiger partial charge < -0.3 is 14.2 Å². The van der Waals surface area contributed by atoms with Gasteiger partial charge >= 0.3 is 0 Å². The molecule has 4 heteroatoms. The molecule has 0 saturated heterocycles. The van der Waals surface area contributed by atoms with E-state index in [0.29, 0.717) is 0 Å². The van der Waals surface area contributed by atoms with Crippen LogP contribution in [0.25, 0.3) is 0 Å². The van der Waals surface area contributed by atoms with Crippen molar-refractivity contribution in [3.8, 4) is 0 Å². The number of hydrogen-bond donors (Lipinski definition) is 1. The van der Waals surface area contributed by atoms with Crippen LogP contribution in [0, 0.1) is 0 Å². The average molecular weight is 264 g/mol. The van der Waals surface area contributed by atoms with E-state index in [2.05, 4.69) is 12.6 Å². The summed E-state index contributed by atoms with van der Waals surface area (Å²) in [6.45, 7) is 0. The third kappa shape index (κ3) is 8.03. The molecule has 0 aromatic heterocycles. The van der Waals surface area contributed by atoms with E-state index in [4.69, 9.17) is 14.2 Å². The van der Waals surface area contributed by atoms with Crippen molar-refractivity contribution in [2.75, 3.05) is 27.1 Å². The lowest BCUT2D eigenvalue weighted by atomic mass is 10.1. The van der Waals surface area contributed by atoms with E-state index >= 15 is 0 Å². The Hall–Kier alpha value is 0.230. The molecule has 0 aliphatic rings. The lowest BCUT2D eigenvalue weighted by molar-refractivity contribution is -0.355. The Kier molecular flexibility index (Phi) is 11.5. The van der Waals surface area contributed by atoms with Gasteiger partial charge in [-0.1, -0.05) is 32.1 Å². The number of rotatable bonds is 12. The van der Waals surface area contributed by atoms with Crippen LogP contribution in [-0.4, -0.2) is 33.1 Å². The van der Waals surface area contributed by atoms with Crippen LogP contribution in [0.3, 0.4) is 0 Å². The minimum Gasteiger partial charge on any atom is -0.331 e. The van der Waals surface area contributed by atoms with Crippen molar-refractivity contribution in [1.82, 2.24) is 0 Å². The molecule has 0 radical (unpaired) electrons. The lowest BCUT2D eigenvalue weighted by Gasteiger charge is -2.28. The number of hydrogen-bond acceptors (Lipinski definition) is 4. The zero-order valence-electron chi connectivity index (χ0n) is 11.5. The van der Waals surface area contributed by atoms with Crippen molar-refractivity contribution in [3.05, 3.63) is 0 Å². The summed E-state index contributed by atoms with van der Waals surface area (Å²) in [6.07, 6.45) is 9.52. The molecule has 104 valence electrons. The zero-order valence-corrected chi connectivity index (χ0v) is 12.4. The predicted octanol–water partition coefficient (Wildman–Crippen LogP) is 3.63. The molecule has 0 aliphatic carbocycles. The van der Waals surface area contributed by atoms with Gasteiger partial charge in [0.2, 0.25) is 0 Å². The quantitative estimate of drug-likeness (QED) is 0.331. The fourth-order valence-corrected chi connectivity index (χ4v) is 2.12. The van der Waals surface area contributed by atoms with Crippen molar-refractivity contribution >= 4 is 12.6 Å². The largest absolute Gasteiger partial charge is 0.331 e. The van der Waals surface area contributed by atoms with Crippen LogP contribution in [0.1, 0.15) is 51.4 Å². The molecule has 0 aliphatic heterocycles. The number of ether oxygens (including phenoxy) is 3. The highest BCUT2D eigenvalue weighted by Crippen LogP contribution is 2.21. The minimum atomic E-state index is -0.841. The average Bonchev–Trinajstić information content (AvgIpc) is 2.38. The fraction of sp³-hybridized carbons (Fsp3) is 1.00. The molecule has 0 heterocycles. The van der Waals surface area contributed by atoms with Gasteiger partial charge in [-0.05, 0) is 18.6 Å². The summed E-state index contributed by atoms with van der Waals surface area (Å²) >= 11 is 4.20. The first-order valence-electron chi connectivity index (χ1n) is 6.51. The second-order valence-corrected chi connectivity index (χ2v) is 4.69. The first-order valence-corrected chi connectivity index (χ1v) is 7.14. The van der Waals surface area contributed by atoms with Crippen molar-refractivity contribution < 1.29 is 14.2 Å². The molecule has 0 amide bonds. The Bertz CT molecular complexity index is 152. The molecule has 3 nitrogen and oxygen atoms in total. The maximum Gasteiger partial charge on any atom is 0.282 e. The molecule has 0 spiro atoms. The van der Waals surface area contributed by atoms with Gasteiger partial charge in [-0.2, -0.15) is 12.6 Å². The first kappa shape index (κ1) is 17.2. The Morgan fingerprint density at radius 1 is 0.706 bits per heavy atom. The molecule has 0 atom stereocenters. The summed E-state index contributed by atoms with van der Waals surface area (Å²) in [5, 5.41) is 0. The van der Waals surface area contributed by atoms with Crippen molar-refractivity contribution in [3.63, 3.8) is 0 Å². The van der Waals surface area contributed by atoms with Crippen LogP contribution in [-0.2, 0) is 14.2 Å². The third-order valence-electron chi connectivity index (χ3n) is 3.07. The lowest BCUT2D eigenvalue weighted by Crippen LogP contribution is -2.35. The molecule has 0 aromatic carbocycles. The van der Waals surface area contributed by atoms with Gasteiger partial charge in [0.15, 0.2) is 0 Å². The van der Waals surface area contributed by atoms with Gasteiger partial charge in [0.25, 0.3) is 5.97 Å². The van der Waals surface area contributed by atoms with Gasteiger partial charge in [-0.15, -0.1) is 0 Å². The van der Waals surface area contributed by atoms with Crippen LogP contribution < -0.4 is 0 Å². The van der Waals surface area contributed by atoms with Crippen LogP contribution in [0.4, 0.5) is 0 Å². The summed E-state index contributed by atoms with van der Waals surface area (Å²) in [7, 11) is 4.85. The summed E-state index contributed by atoms with van der Waals surface area (Å²) < 4.78 is 15.7. The Morgan fingerprint density at radius 3 is 1.53 bits per heavy atom. The number of unbranched alkanes of at least 4 members (excludes halogenated alkanes) is 6. The van der Waals surface area contributed by atoms with E-state index < -0.39 is 5.97 Å². The SMILES string of the molecule is COC(CCCCCCCCCS)(OC)OC. The molecule has 0 bridgehead atoms. The van der Waals surface area contributed by atoms with Crippen LogP contribution >= 0.6 is 12.6 Å². The first-order chi connectivity index (χ1) is 8.24. The summed E-state index contributed by atoms with van der Waals surface area (Å²) in [6, 6.07) is 0. The third-order valence-corrected chi connectivity index (χ3v) is 3.39. The fourth-order valence-electron chi connectivity index (χ4n) is 1.89. The summed E-state index contributed by atoms with van der Waals surface area (Å²) in [5.41, 5.74) is 0. The number of thiol groups is 1. The van der Waals surface area contributed by atoms with Crippen molar-refractivity contribution in [2.24, 2.45) is 0 Å². The van der Waals surface area contributed by atoms with E-state index in [0.717, 1.165) is 18.6 Å². The Labute approximate surface area is 112 Å². The van der Waals surface area contributed by atoms with E-state index in [1.807, 2.05) is 0 Å². The molecular weight excluding hydrogens is 236 g/mol. The maximum absolute atomic E-state index is 5.24. The highest BCUT2D eigenvalue weighted by Gasteiger charge is 2.28. The second kappa shape index (κ2) is 11.3. The summed E-state index contributed by atoms with van der Waals surface area (Å²) in [4.78, 5) is 0. The predicted molar refractivity (Wildman–Crippen MR) is 74.5 cm³/mol. The van der Waals surface area contributed by atoms with Crippen LogP contribution in [0.5, 0.6) is 0 Å².